The summed E-state index contributed by atoms with van der Waals surface area (Å²) in [5, 5.41) is 21.2. The molecule has 0 saturated carbocycles. The average Bonchev–Trinajstić information content (AvgIpc) is 2.41. The summed E-state index contributed by atoms with van der Waals surface area (Å²) in [6.45, 7) is 1.57. The first kappa shape index (κ1) is 14.8. The molecule has 0 aromatic heterocycles. The number of nitro groups is 1. The van der Waals surface area contributed by atoms with Crippen LogP contribution in [-0.2, 0) is 0 Å². The molecule has 2 aromatic carbocycles. The first-order chi connectivity index (χ1) is 9.47. The zero-order chi connectivity index (χ0) is 14.7. The topological polar surface area (TPSA) is 63.4 Å². The van der Waals surface area contributed by atoms with Crippen molar-refractivity contribution < 1.29 is 10.0 Å². The quantitative estimate of drug-likeness (QED) is 0.669. The number of rotatable bonds is 4. The van der Waals surface area contributed by atoms with Crippen LogP contribution in [-0.4, -0.2) is 10.0 Å². The Kier molecular flexibility index (Phi) is 4.65. The van der Waals surface area contributed by atoms with Crippen LogP contribution >= 0.6 is 23.4 Å². The highest BCUT2D eigenvalue weighted by Gasteiger charge is 2.17. The molecule has 0 bridgehead atoms. The standard InChI is InChI=1S/C14H12ClNO3S/c1-9(17)10-2-7-14(13(8-10)16(18)19)20-12-5-3-11(15)4-6-12/h2-9,17H,1H3/t9-/m1/s1. The molecule has 1 atom stereocenters. The van der Waals surface area contributed by atoms with Gasteiger partial charge in [0.2, 0.25) is 0 Å². The van der Waals surface area contributed by atoms with E-state index in [9.17, 15) is 15.2 Å². The second-order valence-corrected chi connectivity index (χ2v) is 5.77. The van der Waals surface area contributed by atoms with Crippen molar-refractivity contribution in [2.45, 2.75) is 22.8 Å². The lowest BCUT2D eigenvalue weighted by Gasteiger charge is -2.07. The molecule has 104 valence electrons. The number of hydrogen-bond donors (Lipinski definition) is 1. The third-order valence-corrected chi connectivity index (χ3v) is 4.03. The first-order valence-corrected chi connectivity index (χ1v) is 7.06. The maximum absolute atomic E-state index is 11.1. The van der Waals surface area contributed by atoms with E-state index in [4.69, 9.17) is 11.6 Å². The van der Waals surface area contributed by atoms with Gasteiger partial charge in [0, 0.05) is 16.0 Å². The minimum absolute atomic E-state index is 0.0108. The zero-order valence-corrected chi connectivity index (χ0v) is 12.2. The molecule has 0 spiro atoms. The minimum atomic E-state index is -0.733. The van der Waals surface area contributed by atoms with Crippen LogP contribution in [0.2, 0.25) is 5.02 Å². The third kappa shape index (κ3) is 3.50. The lowest BCUT2D eigenvalue weighted by molar-refractivity contribution is -0.387. The average molecular weight is 310 g/mol. The van der Waals surface area contributed by atoms with Gasteiger partial charge < -0.3 is 5.11 Å². The summed E-state index contributed by atoms with van der Waals surface area (Å²) in [7, 11) is 0. The van der Waals surface area contributed by atoms with E-state index in [0.717, 1.165) is 4.90 Å². The van der Waals surface area contributed by atoms with Gasteiger partial charge in [-0.3, -0.25) is 10.1 Å². The summed E-state index contributed by atoms with van der Waals surface area (Å²) in [6, 6.07) is 11.8. The van der Waals surface area contributed by atoms with Crippen molar-refractivity contribution in [3.8, 4) is 0 Å². The van der Waals surface area contributed by atoms with E-state index in [2.05, 4.69) is 0 Å². The number of halogens is 1. The van der Waals surface area contributed by atoms with Gasteiger partial charge in [0.15, 0.2) is 0 Å². The van der Waals surface area contributed by atoms with Crippen LogP contribution in [0.4, 0.5) is 5.69 Å². The van der Waals surface area contributed by atoms with Crippen molar-refractivity contribution in [2.75, 3.05) is 0 Å². The van der Waals surface area contributed by atoms with Crippen LogP contribution in [0.3, 0.4) is 0 Å². The summed E-state index contributed by atoms with van der Waals surface area (Å²) in [5.41, 5.74) is 0.514. The molecule has 0 heterocycles. The van der Waals surface area contributed by atoms with Gasteiger partial charge >= 0.3 is 0 Å². The summed E-state index contributed by atoms with van der Waals surface area (Å²) >= 11 is 7.10. The van der Waals surface area contributed by atoms with Gasteiger partial charge in [0.05, 0.1) is 15.9 Å². The number of nitrogens with zero attached hydrogens (tertiary/aromatic N) is 1. The number of aliphatic hydroxyl groups is 1. The molecule has 6 heteroatoms. The van der Waals surface area contributed by atoms with Crippen LogP contribution in [0.25, 0.3) is 0 Å². The third-order valence-electron chi connectivity index (χ3n) is 2.70. The van der Waals surface area contributed by atoms with Crippen molar-refractivity contribution in [1.82, 2.24) is 0 Å². The highest BCUT2D eigenvalue weighted by molar-refractivity contribution is 7.99. The molecule has 0 fully saturated rings. The number of nitro benzene ring substituents is 1. The van der Waals surface area contributed by atoms with Gasteiger partial charge in [-0.2, -0.15) is 0 Å². The van der Waals surface area contributed by atoms with E-state index in [-0.39, 0.29) is 5.69 Å². The Morgan fingerprint density at radius 2 is 1.90 bits per heavy atom. The molecule has 1 N–H and O–H groups in total. The Hall–Kier alpha value is -1.56. The monoisotopic (exact) mass is 309 g/mol. The highest BCUT2D eigenvalue weighted by Crippen LogP contribution is 2.36. The zero-order valence-electron chi connectivity index (χ0n) is 10.6. The molecule has 0 aliphatic heterocycles. The molecule has 2 aromatic rings. The van der Waals surface area contributed by atoms with Gasteiger partial charge in [0.25, 0.3) is 5.69 Å². The molecule has 4 nitrogen and oxygen atoms in total. The first-order valence-electron chi connectivity index (χ1n) is 5.87. The molecule has 0 aliphatic carbocycles. The Morgan fingerprint density at radius 1 is 1.25 bits per heavy atom. The van der Waals surface area contributed by atoms with Crippen molar-refractivity contribution in [2.24, 2.45) is 0 Å². The van der Waals surface area contributed by atoms with Crippen molar-refractivity contribution in [3.63, 3.8) is 0 Å². The second kappa shape index (κ2) is 6.26. The molecule has 0 saturated heterocycles. The fourth-order valence-corrected chi connectivity index (χ4v) is 2.68. The molecule has 2 rings (SSSR count). The lowest BCUT2D eigenvalue weighted by atomic mass is 10.1. The van der Waals surface area contributed by atoms with Gasteiger partial charge in [-0.05, 0) is 42.8 Å². The van der Waals surface area contributed by atoms with Crippen LogP contribution in [0, 0.1) is 10.1 Å². The summed E-state index contributed by atoms with van der Waals surface area (Å²) in [4.78, 5) is 12.1. The minimum Gasteiger partial charge on any atom is -0.389 e. The largest absolute Gasteiger partial charge is 0.389 e. The Bertz CT molecular complexity index is 629. The van der Waals surface area contributed by atoms with Crippen molar-refractivity contribution in [3.05, 3.63) is 63.2 Å². The van der Waals surface area contributed by atoms with Crippen LogP contribution in [0.15, 0.2) is 52.3 Å². The Labute approximate surface area is 125 Å². The molecule has 0 aliphatic rings. The van der Waals surface area contributed by atoms with Crippen molar-refractivity contribution >= 4 is 29.1 Å². The maximum Gasteiger partial charge on any atom is 0.283 e. The SMILES string of the molecule is C[C@@H](O)c1ccc(Sc2ccc(Cl)cc2)c([N+](=O)[O-])c1. The normalized spacial score (nSPS) is 12.2. The molecular formula is C14H12ClNO3S. The van der Waals surface area contributed by atoms with Crippen LogP contribution in [0.1, 0.15) is 18.6 Å². The number of aliphatic hydroxyl groups excluding tert-OH is 1. The number of benzene rings is 2. The van der Waals surface area contributed by atoms with E-state index in [1.807, 2.05) is 0 Å². The van der Waals surface area contributed by atoms with E-state index < -0.39 is 11.0 Å². The van der Waals surface area contributed by atoms with Crippen LogP contribution < -0.4 is 0 Å². The van der Waals surface area contributed by atoms with Crippen LogP contribution in [0.5, 0.6) is 0 Å². The molecule has 0 amide bonds. The van der Waals surface area contributed by atoms with Crippen molar-refractivity contribution in [1.29, 1.82) is 0 Å². The molecule has 0 radical (unpaired) electrons. The fraction of sp³-hybridized carbons (Fsp3) is 0.143. The molecule has 0 unspecified atom stereocenters. The van der Waals surface area contributed by atoms with E-state index in [0.29, 0.717) is 15.5 Å². The molecular weight excluding hydrogens is 298 g/mol. The van der Waals surface area contributed by atoms with Gasteiger partial charge in [0.1, 0.15) is 0 Å². The fourth-order valence-electron chi connectivity index (χ4n) is 1.65. The summed E-state index contributed by atoms with van der Waals surface area (Å²) in [5.74, 6) is 0. The maximum atomic E-state index is 11.1. The Morgan fingerprint density at radius 3 is 2.45 bits per heavy atom. The smallest absolute Gasteiger partial charge is 0.283 e. The van der Waals surface area contributed by atoms with E-state index in [1.54, 1.807) is 43.3 Å². The number of hydrogen-bond acceptors (Lipinski definition) is 4. The summed E-state index contributed by atoms with van der Waals surface area (Å²) in [6.07, 6.45) is -0.733. The van der Waals surface area contributed by atoms with Gasteiger partial charge in [-0.1, -0.05) is 29.4 Å². The predicted molar refractivity (Wildman–Crippen MR) is 79.3 cm³/mol. The molecule has 20 heavy (non-hydrogen) atoms. The second-order valence-electron chi connectivity index (χ2n) is 4.22. The van der Waals surface area contributed by atoms with E-state index in [1.165, 1.54) is 17.8 Å². The van der Waals surface area contributed by atoms with E-state index >= 15 is 0 Å². The highest BCUT2D eigenvalue weighted by atomic mass is 35.5. The van der Waals surface area contributed by atoms with Gasteiger partial charge in [-0.25, -0.2) is 0 Å². The van der Waals surface area contributed by atoms with Gasteiger partial charge in [-0.15, -0.1) is 0 Å². The predicted octanol–water partition coefficient (Wildman–Crippen LogP) is 4.45. The summed E-state index contributed by atoms with van der Waals surface area (Å²) < 4.78 is 0. The Balaban J connectivity index is 2.35. The lowest BCUT2D eigenvalue weighted by Crippen LogP contribution is -1.96.